The van der Waals surface area contributed by atoms with Gasteiger partial charge in [0.1, 0.15) is 0 Å². The summed E-state index contributed by atoms with van der Waals surface area (Å²) in [4.78, 5) is 54.1. The number of aryl methyl sites for hydroxylation is 1. The second-order valence-corrected chi connectivity index (χ2v) is 9.79. The largest absolute Gasteiger partial charge is 0.349 e. The number of piperidine rings is 1. The Balaban J connectivity index is 1.39. The van der Waals surface area contributed by atoms with Crippen molar-refractivity contribution in [3.63, 3.8) is 0 Å². The zero-order valence-corrected chi connectivity index (χ0v) is 19.5. The SMILES string of the molecule is Cc1cccc(C(=O)N2CCC(NC(=O)c3ccc4c(c3)C(=O)N(C(C)(C)C)C4=O)CC2)c1. The number of carbonyl (C=O) groups excluding carboxylic acids is 4. The first-order valence-electron chi connectivity index (χ1n) is 11.3. The minimum Gasteiger partial charge on any atom is -0.349 e. The van der Waals surface area contributed by atoms with E-state index in [2.05, 4.69) is 5.32 Å². The van der Waals surface area contributed by atoms with Crippen molar-refractivity contribution in [3.05, 3.63) is 70.3 Å². The van der Waals surface area contributed by atoms with Crippen molar-refractivity contribution in [1.82, 2.24) is 15.1 Å². The van der Waals surface area contributed by atoms with Crippen LogP contribution in [0.4, 0.5) is 0 Å². The Kier molecular flexibility index (Phi) is 5.82. The van der Waals surface area contributed by atoms with Gasteiger partial charge in [-0.05, 0) is 70.9 Å². The first-order chi connectivity index (χ1) is 15.6. The van der Waals surface area contributed by atoms with E-state index >= 15 is 0 Å². The van der Waals surface area contributed by atoms with E-state index in [1.807, 2.05) is 36.1 Å². The number of carbonyl (C=O) groups is 4. The van der Waals surface area contributed by atoms with Crippen molar-refractivity contribution >= 4 is 23.6 Å². The number of hydrogen-bond donors (Lipinski definition) is 1. The van der Waals surface area contributed by atoms with Gasteiger partial charge in [-0.3, -0.25) is 24.1 Å². The molecular formula is C26H29N3O4. The molecule has 2 aliphatic heterocycles. The molecule has 0 radical (unpaired) electrons. The van der Waals surface area contributed by atoms with E-state index in [4.69, 9.17) is 0 Å². The number of likely N-dealkylation sites (tertiary alicyclic amines) is 1. The third kappa shape index (κ3) is 4.40. The summed E-state index contributed by atoms with van der Waals surface area (Å²) >= 11 is 0. The van der Waals surface area contributed by atoms with Crippen molar-refractivity contribution in [1.29, 1.82) is 0 Å². The Hall–Kier alpha value is -3.48. The monoisotopic (exact) mass is 447 g/mol. The van der Waals surface area contributed by atoms with Gasteiger partial charge in [0.05, 0.1) is 11.1 Å². The molecule has 7 heteroatoms. The van der Waals surface area contributed by atoms with Gasteiger partial charge in [-0.15, -0.1) is 0 Å². The lowest BCUT2D eigenvalue weighted by atomic mass is 10.0. The first kappa shape index (κ1) is 22.7. The topological polar surface area (TPSA) is 86.8 Å². The van der Waals surface area contributed by atoms with Crippen molar-refractivity contribution in [2.75, 3.05) is 13.1 Å². The summed E-state index contributed by atoms with van der Waals surface area (Å²) < 4.78 is 0. The van der Waals surface area contributed by atoms with Crippen molar-refractivity contribution in [3.8, 4) is 0 Å². The van der Waals surface area contributed by atoms with Gasteiger partial charge < -0.3 is 10.2 Å². The fraction of sp³-hybridized carbons (Fsp3) is 0.385. The number of imide groups is 1. The molecule has 0 aromatic heterocycles. The van der Waals surface area contributed by atoms with Crippen LogP contribution >= 0.6 is 0 Å². The highest BCUT2D eigenvalue weighted by Gasteiger charge is 2.42. The highest BCUT2D eigenvalue weighted by Crippen LogP contribution is 2.30. The van der Waals surface area contributed by atoms with Crippen LogP contribution in [-0.4, -0.2) is 58.1 Å². The second kappa shape index (κ2) is 8.46. The molecule has 0 aliphatic carbocycles. The van der Waals surface area contributed by atoms with Crippen LogP contribution < -0.4 is 5.32 Å². The maximum Gasteiger partial charge on any atom is 0.262 e. The summed E-state index contributed by atoms with van der Waals surface area (Å²) in [5.41, 5.74) is 2.03. The predicted octanol–water partition coefficient (Wildman–Crippen LogP) is 3.42. The second-order valence-electron chi connectivity index (χ2n) is 9.79. The molecule has 0 bridgehead atoms. The van der Waals surface area contributed by atoms with E-state index in [1.54, 1.807) is 32.9 Å². The minimum absolute atomic E-state index is 0.00804. The lowest BCUT2D eigenvalue weighted by molar-refractivity contribution is 0.0507. The molecule has 1 N–H and O–H groups in total. The number of rotatable bonds is 3. The van der Waals surface area contributed by atoms with Gasteiger partial charge in [0.25, 0.3) is 23.6 Å². The van der Waals surface area contributed by atoms with Crippen LogP contribution in [0.1, 0.15) is 80.6 Å². The van der Waals surface area contributed by atoms with E-state index in [0.29, 0.717) is 42.6 Å². The lowest BCUT2D eigenvalue weighted by Gasteiger charge is -2.32. The first-order valence-corrected chi connectivity index (χ1v) is 11.3. The predicted molar refractivity (Wildman–Crippen MR) is 124 cm³/mol. The fourth-order valence-corrected chi connectivity index (χ4v) is 4.45. The van der Waals surface area contributed by atoms with Gasteiger partial charge in [0, 0.05) is 35.8 Å². The van der Waals surface area contributed by atoms with Crippen LogP contribution in [0.25, 0.3) is 0 Å². The molecule has 0 spiro atoms. The van der Waals surface area contributed by atoms with Crippen LogP contribution in [0.5, 0.6) is 0 Å². The molecule has 0 atom stereocenters. The smallest absolute Gasteiger partial charge is 0.262 e. The normalized spacial score (nSPS) is 16.7. The van der Waals surface area contributed by atoms with Gasteiger partial charge in [-0.2, -0.15) is 0 Å². The van der Waals surface area contributed by atoms with E-state index in [9.17, 15) is 19.2 Å². The highest BCUT2D eigenvalue weighted by atomic mass is 16.2. The summed E-state index contributed by atoms with van der Waals surface area (Å²) in [6, 6.07) is 12.1. The molecule has 172 valence electrons. The summed E-state index contributed by atoms with van der Waals surface area (Å²) in [5, 5.41) is 3.02. The quantitative estimate of drug-likeness (QED) is 0.731. The van der Waals surface area contributed by atoms with Crippen LogP contribution in [0.3, 0.4) is 0 Å². The molecule has 4 amide bonds. The number of hydrogen-bond acceptors (Lipinski definition) is 4. The van der Waals surface area contributed by atoms with Gasteiger partial charge in [-0.1, -0.05) is 17.7 Å². The zero-order valence-electron chi connectivity index (χ0n) is 19.5. The van der Waals surface area contributed by atoms with Crippen molar-refractivity contribution in [2.45, 2.75) is 52.1 Å². The molecular weight excluding hydrogens is 418 g/mol. The van der Waals surface area contributed by atoms with E-state index in [1.165, 1.54) is 11.0 Å². The molecule has 1 saturated heterocycles. The maximum atomic E-state index is 12.9. The Labute approximate surface area is 193 Å². The third-order valence-electron chi connectivity index (χ3n) is 6.20. The molecule has 1 fully saturated rings. The van der Waals surface area contributed by atoms with Crippen molar-refractivity contribution in [2.24, 2.45) is 0 Å². The van der Waals surface area contributed by atoms with E-state index in [-0.39, 0.29) is 35.2 Å². The van der Waals surface area contributed by atoms with E-state index in [0.717, 1.165) is 5.56 Å². The van der Waals surface area contributed by atoms with Gasteiger partial charge in [-0.25, -0.2) is 0 Å². The third-order valence-corrected chi connectivity index (χ3v) is 6.20. The number of nitrogens with zero attached hydrogens (tertiary/aromatic N) is 2. The van der Waals surface area contributed by atoms with Crippen LogP contribution in [0.15, 0.2) is 42.5 Å². The Morgan fingerprint density at radius 2 is 1.58 bits per heavy atom. The highest BCUT2D eigenvalue weighted by molar-refractivity contribution is 6.22. The molecule has 2 heterocycles. The minimum atomic E-state index is -0.639. The number of nitrogens with one attached hydrogen (secondary N) is 1. The summed E-state index contributed by atoms with van der Waals surface area (Å²) in [7, 11) is 0. The average molecular weight is 448 g/mol. The molecule has 2 aliphatic rings. The molecule has 2 aromatic carbocycles. The van der Waals surface area contributed by atoms with Gasteiger partial charge >= 0.3 is 0 Å². The Bertz CT molecular complexity index is 1140. The zero-order chi connectivity index (χ0) is 23.9. The van der Waals surface area contributed by atoms with Crippen LogP contribution in [0.2, 0.25) is 0 Å². The fourth-order valence-electron chi connectivity index (χ4n) is 4.45. The Morgan fingerprint density at radius 1 is 0.909 bits per heavy atom. The van der Waals surface area contributed by atoms with Gasteiger partial charge in [0.15, 0.2) is 0 Å². The van der Waals surface area contributed by atoms with Crippen molar-refractivity contribution < 1.29 is 19.2 Å². The number of fused-ring (bicyclic) bond motifs is 1. The summed E-state index contributed by atoms with van der Waals surface area (Å²) in [6.45, 7) is 8.50. The number of amides is 4. The lowest BCUT2D eigenvalue weighted by Crippen LogP contribution is -2.46. The summed E-state index contributed by atoms with van der Waals surface area (Å²) in [5.74, 6) is -0.982. The van der Waals surface area contributed by atoms with Crippen LogP contribution in [-0.2, 0) is 0 Å². The average Bonchev–Trinajstić information content (AvgIpc) is 3.03. The maximum absolute atomic E-state index is 12.9. The summed E-state index contributed by atoms with van der Waals surface area (Å²) in [6.07, 6.45) is 1.31. The standard InChI is InChI=1S/C26H29N3O4/c1-16-6-5-7-18(14-16)23(31)28-12-10-19(11-13-28)27-22(30)17-8-9-20-21(15-17)25(33)29(24(20)32)26(2,3)4/h5-9,14-15,19H,10-13H2,1-4H3,(H,27,30). The van der Waals surface area contributed by atoms with Gasteiger partial charge in [0.2, 0.25) is 0 Å². The molecule has 2 aromatic rings. The molecule has 7 nitrogen and oxygen atoms in total. The molecule has 33 heavy (non-hydrogen) atoms. The molecule has 4 rings (SSSR count). The Morgan fingerprint density at radius 3 is 2.21 bits per heavy atom. The molecule has 0 unspecified atom stereocenters. The van der Waals surface area contributed by atoms with E-state index < -0.39 is 5.54 Å². The van der Waals surface area contributed by atoms with Crippen LogP contribution in [0, 0.1) is 6.92 Å². The molecule has 0 saturated carbocycles. The number of benzene rings is 2.